The lowest BCUT2D eigenvalue weighted by Gasteiger charge is -2.16. The number of aromatic nitrogens is 6. The smallest absolute Gasteiger partial charge is 0.259 e. The lowest BCUT2D eigenvalue weighted by Crippen LogP contribution is -2.16. The van der Waals surface area contributed by atoms with Gasteiger partial charge in [0.15, 0.2) is 11.6 Å². The van der Waals surface area contributed by atoms with Gasteiger partial charge in [-0.25, -0.2) is 24.0 Å². The molecule has 3 aromatic heterocycles. The molecule has 1 saturated carbocycles. The number of nitrogens with zero attached hydrogens (tertiary/aromatic N) is 6. The van der Waals surface area contributed by atoms with Crippen LogP contribution in [0.1, 0.15) is 59.0 Å². The molecule has 1 amide bonds. The van der Waals surface area contributed by atoms with Crippen LogP contribution in [0.4, 0.5) is 10.2 Å². The third-order valence-corrected chi connectivity index (χ3v) is 6.45. The third-order valence-electron chi connectivity index (χ3n) is 6.45. The fourth-order valence-corrected chi connectivity index (χ4v) is 4.46. The van der Waals surface area contributed by atoms with E-state index in [1.165, 1.54) is 17.8 Å². The Hall–Kier alpha value is -3.88. The number of fused-ring (bicyclic) bond motifs is 1. The van der Waals surface area contributed by atoms with Crippen molar-refractivity contribution >= 4 is 11.7 Å². The number of imidazole rings is 1. The van der Waals surface area contributed by atoms with Crippen molar-refractivity contribution in [1.82, 2.24) is 29.3 Å². The summed E-state index contributed by atoms with van der Waals surface area (Å²) in [6.45, 7) is 2.69. The van der Waals surface area contributed by atoms with Gasteiger partial charge in [-0.15, -0.1) is 0 Å². The highest BCUT2D eigenvalue weighted by molar-refractivity contribution is 6.04. The number of hydrogen-bond donors (Lipinski definition) is 1. The van der Waals surface area contributed by atoms with E-state index in [-0.39, 0.29) is 5.56 Å². The van der Waals surface area contributed by atoms with E-state index in [1.807, 2.05) is 18.3 Å². The van der Waals surface area contributed by atoms with Crippen molar-refractivity contribution < 1.29 is 9.18 Å². The number of rotatable bonds is 5. The summed E-state index contributed by atoms with van der Waals surface area (Å²) in [5.41, 5.74) is 3.09. The number of hydrogen-bond acceptors (Lipinski definition) is 5. The summed E-state index contributed by atoms with van der Waals surface area (Å²) in [5.74, 6) is 1.15. The second-order valence-corrected chi connectivity index (χ2v) is 8.98. The third kappa shape index (κ3) is 3.76. The van der Waals surface area contributed by atoms with Crippen LogP contribution in [0.2, 0.25) is 0 Å². The summed E-state index contributed by atoms with van der Waals surface area (Å²) in [6.07, 6.45) is 8.97. The first-order valence-corrected chi connectivity index (χ1v) is 11.6. The Morgan fingerprint density at radius 3 is 2.91 bits per heavy atom. The van der Waals surface area contributed by atoms with Gasteiger partial charge < -0.3 is 9.88 Å². The molecule has 0 radical (unpaired) electrons. The fraction of sp³-hybridized carbons (Fsp3) is 0.320. The highest BCUT2D eigenvalue weighted by atomic mass is 19.1. The average Bonchev–Trinajstić information content (AvgIpc) is 3.41. The van der Waals surface area contributed by atoms with E-state index in [2.05, 4.69) is 29.9 Å². The van der Waals surface area contributed by atoms with Crippen LogP contribution in [0.25, 0.3) is 17.2 Å². The second-order valence-electron chi connectivity index (χ2n) is 8.98. The average molecular weight is 458 g/mol. The van der Waals surface area contributed by atoms with E-state index in [4.69, 9.17) is 0 Å². The highest BCUT2D eigenvalue weighted by Gasteiger charge is 2.28. The van der Waals surface area contributed by atoms with Crippen LogP contribution in [0, 0.1) is 12.7 Å². The van der Waals surface area contributed by atoms with Gasteiger partial charge in [-0.2, -0.15) is 5.10 Å². The molecule has 1 fully saturated rings. The normalized spacial score (nSPS) is 15.2. The molecule has 172 valence electrons. The molecule has 4 aromatic rings. The number of halogens is 1. The number of nitrogens with one attached hydrogen (secondary N) is 1. The molecule has 0 saturated heterocycles. The van der Waals surface area contributed by atoms with Gasteiger partial charge in [-0.1, -0.05) is 6.07 Å². The lowest BCUT2D eigenvalue weighted by molar-refractivity contribution is 0.102. The molecule has 2 aliphatic rings. The molecule has 1 aliphatic heterocycles. The standard InChI is InChI=1S/C25H24FN7O/c1-15-11-19(26)18(12-21(15)33-14-28-23(31-33)16-8-9-16)25(34)30-22-7-4-6-20(29-22)24-27-13-17-5-2-3-10-32(17)24/h4,6-7,11-14,16H,2-3,5,8-10H2,1H3,(H,29,30,34). The van der Waals surface area contributed by atoms with Crippen molar-refractivity contribution in [2.45, 2.75) is 51.5 Å². The Kier molecular flexibility index (Phi) is 4.97. The summed E-state index contributed by atoms with van der Waals surface area (Å²) >= 11 is 0. The number of amides is 1. The Morgan fingerprint density at radius 1 is 1.18 bits per heavy atom. The van der Waals surface area contributed by atoms with Crippen LogP contribution in [0.5, 0.6) is 0 Å². The van der Waals surface area contributed by atoms with E-state index in [9.17, 15) is 9.18 Å². The van der Waals surface area contributed by atoms with Crippen molar-refractivity contribution in [2.24, 2.45) is 0 Å². The van der Waals surface area contributed by atoms with Crippen LogP contribution >= 0.6 is 0 Å². The molecule has 8 nitrogen and oxygen atoms in total. The first kappa shape index (κ1) is 20.7. The lowest BCUT2D eigenvalue weighted by atomic mass is 10.1. The maximum absolute atomic E-state index is 14.8. The largest absolute Gasteiger partial charge is 0.327 e. The quantitative estimate of drug-likeness (QED) is 0.479. The number of carbonyl (C=O) groups is 1. The van der Waals surface area contributed by atoms with Gasteiger partial charge in [-0.3, -0.25) is 4.79 Å². The fourth-order valence-electron chi connectivity index (χ4n) is 4.46. The summed E-state index contributed by atoms with van der Waals surface area (Å²) < 4.78 is 18.6. The minimum absolute atomic E-state index is 0.0746. The molecule has 1 aromatic carbocycles. The van der Waals surface area contributed by atoms with Crippen molar-refractivity contribution in [2.75, 3.05) is 5.32 Å². The van der Waals surface area contributed by atoms with Gasteiger partial charge >= 0.3 is 0 Å². The van der Waals surface area contributed by atoms with Gasteiger partial charge in [0.1, 0.15) is 23.7 Å². The minimum Gasteiger partial charge on any atom is -0.327 e. The SMILES string of the molecule is Cc1cc(F)c(C(=O)Nc2cccc(-c3ncc4n3CCCC4)n2)cc1-n1cnc(C2CC2)n1. The van der Waals surface area contributed by atoms with E-state index in [0.29, 0.717) is 28.7 Å². The molecule has 0 spiro atoms. The Bertz CT molecular complexity index is 1400. The molecule has 6 rings (SSSR count). The van der Waals surface area contributed by atoms with E-state index in [1.54, 1.807) is 24.0 Å². The van der Waals surface area contributed by atoms with Crippen LogP contribution in [0.15, 0.2) is 42.9 Å². The predicted octanol–water partition coefficient (Wildman–Crippen LogP) is 4.44. The molecular weight excluding hydrogens is 433 g/mol. The number of benzene rings is 1. The molecule has 0 atom stereocenters. The van der Waals surface area contributed by atoms with Gasteiger partial charge in [0.25, 0.3) is 5.91 Å². The Labute approximate surface area is 195 Å². The Balaban J connectivity index is 1.27. The highest BCUT2D eigenvalue weighted by Crippen LogP contribution is 2.38. The topological polar surface area (TPSA) is 90.5 Å². The summed E-state index contributed by atoms with van der Waals surface area (Å²) in [4.78, 5) is 26.5. The van der Waals surface area contributed by atoms with Crippen LogP contribution < -0.4 is 5.32 Å². The molecule has 0 bridgehead atoms. The monoisotopic (exact) mass is 457 g/mol. The number of carbonyl (C=O) groups excluding carboxylic acids is 1. The summed E-state index contributed by atoms with van der Waals surface area (Å²) in [5, 5.41) is 7.26. The minimum atomic E-state index is -0.597. The molecule has 1 N–H and O–H groups in total. The van der Waals surface area contributed by atoms with Gasteiger partial charge in [0.05, 0.1) is 11.3 Å². The zero-order valence-corrected chi connectivity index (χ0v) is 18.8. The van der Waals surface area contributed by atoms with Crippen molar-refractivity contribution in [3.05, 3.63) is 71.3 Å². The maximum atomic E-state index is 14.8. The van der Waals surface area contributed by atoms with E-state index in [0.717, 1.165) is 50.3 Å². The van der Waals surface area contributed by atoms with Crippen molar-refractivity contribution in [1.29, 1.82) is 0 Å². The predicted molar refractivity (Wildman–Crippen MR) is 124 cm³/mol. The van der Waals surface area contributed by atoms with Crippen molar-refractivity contribution in [3.8, 4) is 17.2 Å². The summed E-state index contributed by atoms with van der Waals surface area (Å²) in [6, 6.07) is 8.23. The maximum Gasteiger partial charge on any atom is 0.259 e. The van der Waals surface area contributed by atoms with Gasteiger partial charge in [0, 0.05) is 24.4 Å². The van der Waals surface area contributed by atoms with E-state index < -0.39 is 11.7 Å². The molecule has 1 aliphatic carbocycles. The molecular formula is C25H24FN7O. The van der Waals surface area contributed by atoms with Gasteiger partial charge in [-0.05, 0) is 68.9 Å². The van der Waals surface area contributed by atoms with Gasteiger partial charge in [0.2, 0.25) is 0 Å². The molecule has 34 heavy (non-hydrogen) atoms. The molecule has 0 unspecified atom stereocenters. The first-order chi connectivity index (χ1) is 16.6. The number of pyridine rings is 1. The first-order valence-electron chi connectivity index (χ1n) is 11.6. The summed E-state index contributed by atoms with van der Waals surface area (Å²) in [7, 11) is 0. The van der Waals surface area contributed by atoms with E-state index >= 15 is 0 Å². The molecule has 9 heteroatoms. The van der Waals surface area contributed by atoms with Crippen LogP contribution in [-0.2, 0) is 13.0 Å². The van der Waals surface area contributed by atoms with Crippen LogP contribution in [0.3, 0.4) is 0 Å². The Morgan fingerprint density at radius 2 is 2.06 bits per heavy atom. The van der Waals surface area contributed by atoms with Crippen LogP contribution in [-0.4, -0.2) is 35.2 Å². The second kappa shape index (κ2) is 8.16. The van der Waals surface area contributed by atoms with Crippen molar-refractivity contribution in [3.63, 3.8) is 0 Å². The number of aryl methyl sites for hydroxylation is 2. The molecule has 4 heterocycles. The zero-order valence-electron chi connectivity index (χ0n) is 18.8. The zero-order chi connectivity index (χ0) is 23.2. The number of anilines is 1.